The van der Waals surface area contributed by atoms with E-state index in [1.807, 2.05) is 6.08 Å². The fourth-order valence-electron chi connectivity index (χ4n) is 6.68. The highest BCUT2D eigenvalue weighted by Crippen LogP contribution is 2.22. The van der Waals surface area contributed by atoms with E-state index in [2.05, 4.69) is 19.2 Å². The molecule has 1 aliphatic heterocycles. The molecule has 50 heavy (non-hydrogen) atoms. The van der Waals surface area contributed by atoms with Crippen molar-refractivity contribution in [3.8, 4) is 0 Å². The van der Waals surface area contributed by atoms with Crippen molar-refractivity contribution in [2.24, 2.45) is 0 Å². The highest BCUT2D eigenvalue weighted by molar-refractivity contribution is 5.76. The second kappa shape index (κ2) is 32.6. The van der Waals surface area contributed by atoms with Gasteiger partial charge in [0.15, 0.2) is 6.29 Å². The molecule has 0 spiro atoms. The summed E-state index contributed by atoms with van der Waals surface area (Å²) >= 11 is 0. The summed E-state index contributed by atoms with van der Waals surface area (Å²) < 4.78 is 11.2. The topological polar surface area (TPSA) is 149 Å². The first-order chi connectivity index (χ1) is 24.3. The van der Waals surface area contributed by atoms with Gasteiger partial charge in [-0.25, -0.2) is 0 Å². The minimum absolute atomic E-state index is 0.177. The molecule has 1 rings (SSSR count). The second-order valence-corrected chi connectivity index (χ2v) is 14.8. The van der Waals surface area contributed by atoms with Crippen molar-refractivity contribution < 1.29 is 39.8 Å². The van der Waals surface area contributed by atoms with Crippen LogP contribution in [0.25, 0.3) is 0 Å². The highest BCUT2D eigenvalue weighted by Gasteiger charge is 2.44. The van der Waals surface area contributed by atoms with Gasteiger partial charge in [0.25, 0.3) is 0 Å². The Balaban J connectivity index is 2.36. The van der Waals surface area contributed by atoms with Gasteiger partial charge in [-0.3, -0.25) is 4.79 Å². The fourth-order valence-corrected chi connectivity index (χ4v) is 6.68. The van der Waals surface area contributed by atoms with Crippen molar-refractivity contribution in [2.75, 3.05) is 13.2 Å². The van der Waals surface area contributed by atoms with Crippen molar-refractivity contribution in [3.05, 3.63) is 12.2 Å². The summed E-state index contributed by atoms with van der Waals surface area (Å²) in [6, 6.07) is -0.796. The largest absolute Gasteiger partial charge is 0.394 e. The third-order valence-electron chi connectivity index (χ3n) is 10.1. The van der Waals surface area contributed by atoms with Gasteiger partial charge in [-0.2, -0.15) is 0 Å². The molecule has 1 heterocycles. The van der Waals surface area contributed by atoms with Crippen LogP contribution in [-0.4, -0.2) is 87.5 Å². The molecule has 9 nitrogen and oxygen atoms in total. The lowest BCUT2D eigenvalue weighted by molar-refractivity contribution is -0.302. The predicted octanol–water partition coefficient (Wildman–Crippen LogP) is 7.78. The summed E-state index contributed by atoms with van der Waals surface area (Å²) in [7, 11) is 0. The molecule has 1 amide bonds. The van der Waals surface area contributed by atoms with E-state index in [-0.39, 0.29) is 12.5 Å². The van der Waals surface area contributed by atoms with Crippen LogP contribution in [0.1, 0.15) is 187 Å². The normalized spacial score (nSPS) is 22.3. The van der Waals surface area contributed by atoms with Gasteiger partial charge in [-0.15, -0.1) is 0 Å². The molecule has 0 aliphatic carbocycles. The third kappa shape index (κ3) is 23.5. The van der Waals surface area contributed by atoms with Crippen molar-refractivity contribution >= 4 is 5.91 Å². The monoisotopic (exact) mass is 714 g/mol. The van der Waals surface area contributed by atoms with E-state index in [1.165, 1.54) is 128 Å². The Kier molecular flexibility index (Phi) is 30.6. The molecule has 6 N–H and O–H groups in total. The molecule has 9 heteroatoms. The minimum atomic E-state index is -1.56. The van der Waals surface area contributed by atoms with E-state index < -0.39 is 49.5 Å². The van der Waals surface area contributed by atoms with Crippen LogP contribution in [0.5, 0.6) is 0 Å². The number of nitrogens with one attached hydrogen (secondary N) is 1. The Morgan fingerprint density at radius 1 is 0.660 bits per heavy atom. The molecule has 2 unspecified atom stereocenters. The van der Waals surface area contributed by atoms with Crippen LogP contribution in [0.3, 0.4) is 0 Å². The average molecular weight is 714 g/mol. The number of ether oxygens (including phenoxy) is 2. The summed E-state index contributed by atoms with van der Waals surface area (Å²) in [5.74, 6) is -0.177. The number of aliphatic hydroxyl groups excluding tert-OH is 5. The molecule has 7 atom stereocenters. The number of unbranched alkanes of at least 4 members (excludes halogenated alkanes) is 24. The molecule has 0 bridgehead atoms. The highest BCUT2D eigenvalue weighted by atomic mass is 16.7. The van der Waals surface area contributed by atoms with E-state index in [1.54, 1.807) is 6.08 Å². The number of rotatable bonds is 34. The summed E-state index contributed by atoms with van der Waals surface area (Å²) in [5, 5.41) is 53.9. The number of hydrogen-bond acceptors (Lipinski definition) is 8. The maximum absolute atomic E-state index is 12.9. The smallest absolute Gasteiger partial charge is 0.220 e. The molecule has 0 aromatic carbocycles. The molecular weight excluding hydrogens is 634 g/mol. The molecule has 1 aliphatic rings. The van der Waals surface area contributed by atoms with Crippen LogP contribution in [0.4, 0.5) is 0 Å². The number of carbonyl (C=O) groups excluding carboxylic acids is 1. The lowest BCUT2D eigenvalue weighted by Gasteiger charge is -2.40. The van der Waals surface area contributed by atoms with Crippen LogP contribution in [-0.2, 0) is 14.3 Å². The molecule has 0 aromatic heterocycles. The summed E-state index contributed by atoms with van der Waals surface area (Å²) in [5.41, 5.74) is 0. The number of amides is 1. The number of aliphatic hydroxyl groups is 5. The second-order valence-electron chi connectivity index (χ2n) is 14.8. The quantitative estimate of drug-likeness (QED) is 0.0293. The van der Waals surface area contributed by atoms with Gasteiger partial charge in [-0.05, 0) is 19.3 Å². The standard InChI is InChI=1S/C41H79NO8/c1-3-5-7-9-11-13-15-16-17-18-19-20-21-23-25-27-29-31-37(45)42-34(33-49-41-40(48)39(47)38(46)36(32-43)50-41)35(44)30-28-26-24-22-14-12-10-8-6-4-2/h28,30,34-36,38-41,43-44,46-48H,3-27,29,31-33H2,1-2H3,(H,42,45)/b30-28+/t34-,35+,36+,38-,39?,40?,41+/m0/s1. The zero-order valence-corrected chi connectivity index (χ0v) is 32.2. The zero-order chi connectivity index (χ0) is 36.7. The van der Waals surface area contributed by atoms with Crippen LogP contribution in [0.15, 0.2) is 12.2 Å². The fraction of sp³-hybridized carbons (Fsp3) is 0.927. The Bertz CT molecular complexity index is 797. The first-order valence-corrected chi connectivity index (χ1v) is 20.9. The van der Waals surface area contributed by atoms with Crippen LogP contribution < -0.4 is 5.32 Å². The van der Waals surface area contributed by atoms with Crippen molar-refractivity contribution in [1.29, 1.82) is 0 Å². The van der Waals surface area contributed by atoms with Gasteiger partial charge in [0.2, 0.25) is 5.91 Å². The van der Waals surface area contributed by atoms with Gasteiger partial charge in [0, 0.05) is 6.42 Å². The molecule has 296 valence electrons. The molecule has 0 radical (unpaired) electrons. The first kappa shape index (κ1) is 47.0. The van der Waals surface area contributed by atoms with Gasteiger partial charge in [0.05, 0.1) is 25.4 Å². The molecule has 1 fully saturated rings. The van der Waals surface area contributed by atoms with Gasteiger partial charge in [-0.1, -0.05) is 174 Å². The van der Waals surface area contributed by atoms with Crippen molar-refractivity contribution in [2.45, 2.75) is 230 Å². The third-order valence-corrected chi connectivity index (χ3v) is 10.1. The van der Waals surface area contributed by atoms with Crippen LogP contribution >= 0.6 is 0 Å². The SMILES string of the molecule is CCCCCCCCCC/C=C/[C@@H](O)[C@H](CO[C@@H]1O[C@H](CO)[C@H](O)C(O)C1O)NC(=O)CCCCCCCCCCCCCCCCCCC. The number of carbonyl (C=O) groups is 1. The summed E-state index contributed by atoms with van der Waals surface area (Å²) in [6.45, 7) is 3.75. The van der Waals surface area contributed by atoms with E-state index >= 15 is 0 Å². The maximum Gasteiger partial charge on any atom is 0.220 e. The minimum Gasteiger partial charge on any atom is -0.394 e. The molecule has 1 saturated heterocycles. The Hall–Kier alpha value is -1.07. The van der Waals surface area contributed by atoms with E-state index in [4.69, 9.17) is 9.47 Å². The average Bonchev–Trinajstić information content (AvgIpc) is 3.11. The van der Waals surface area contributed by atoms with Crippen LogP contribution in [0.2, 0.25) is 0 Å². The lowest BCUT2D eigenvalue weighted by Crippen LogP contribution is -2.60. The van der Waals surface area contributed by atoms with Crippen molar-refractivity contribution in [1.82, 2.24) is 5.32 Å². The van der Waals surface area contributed by atoms with Crippen LogP contribution in [0, 0.1) is 0 Å². The molecule has 0 saturated carbocycles. The Morgan fingerprint density at radius 2 is 1.10 bits per heavy atom. The van der Waals surface area contributed by atoms with Gasteiger partial charge < -0.3 is 40.3 Å². The number of allylic oxidation sites excluding steroid dienone is 1. The first-order valence-electron chi connectivity index (χ1n) is 20.9. The Labute approximate surface area is 306 Å². The van der Waals surface area contributed by atoms with Gasteiger partial charge >= 0.3 is 0 Å². The lowest BCUT2D eigenvalue weighted by atomic mass is 9.99. The van der Waals surface area contributed by atoms with Crippen molar-refractivity contribution in [3.63, 3.8) is 0 Å². The van der Waals surface area contributed by atoms with E-state index in [0.29, 0.717) is 6.42 Å². The summed E-state index contributed by atoms with van der Waals surface area (Å²) in [4.78, 5) is 12.9. The number of hydrogen-bond donors (Lipinski definition) is 6. The Morgan fingerprint density at radius 3 is 1.56 bits per heavy atom. The van der Waals surface area contributed by atoms with E-state index in [0.717, 1.165) is 38.5 Å². The zero-order valence-electron chi connectivity index (χ0n) is 32.2. The summed E-state index contributed by atoms with van der Waals surface area (Å²) in [6.07, 6.45) is 28.3. The maximum atomic E-state index is 12.9. The molecule has 0 aromatic rings. The molecular formula is C41H79NO8. The predicted molar refractivity (Wildman–Crippen MR) is 203 cm³/mol. The van der Waals surface area contributed by atoms with Gasteiger partial charge in [0.1, 0.15) is 24.4 Å². The van der Waals surface area contributed by atoms with E-state index in [9.17, 15) is 30.3 Å².